The molecule has 19 heavy (non-hydrogen) atoms. The molecule has 4 heteroatoms. The first-order valence-corrected chi connectivity index (χ1v) is 7.17. The summed E-state index contributed by atoms with van der Waals surface area (Å²) in [4.78, 5) is 0. The molecular weight excluding hydrogens is 307 g/mol. The van der Waals surface area contributed by atoms with E-state index in [4.69, 9.17) is 0 Å². The third kappa shape index (κ3) is 3.67. The van der Waals surface area contributed by atoms with Gasteiger partial charge in [0.2, 0.25) is 0 Å². The highest BCUT2D eigenvalue weighted by molar-refractivity contribution is 9.10. The van der Waals surface area contributed by atoms with E-state index in [1.54, 1.807) is 6.07 Å². The second-order valence-electron chi connectivity index (χ2n) is 4.88. The smallest absolute Gasteiger partial charge is 0.137 e. The van der Waals surface area contributed by atoms with E-state index < -0.39 is 0 Å². The molecule has 1 aromatic carbocycles. The zero-order valence-electron chi connectivity index (χ0n) is 11.2. The van der Waals surface area contributed by atoms with E-state index in [9.17, 15) is 4.39 Å². The molecule has 0 radical (unpaired) electrons. The van der Waals surface area contributed by atoms with Crippen molar-refractivity contribution in [3.05, 3.63) is 58.1 Å². The summed E-state index contributed by atoms with van der Waals surface area (Å²) >= 11 is 3.31. The summed E-state index contributed by atoms with van der Waals surface area (Å²) in [5, 5.41) is 3.39. The molecule has 0 aliphatic rings. The molecule has 0 saturated carbocycles. The van der Waals surface area contributed by atoms with Crippen LogP contribution in [0.3, 0.4) is 0 Å². The molecule has 0 saturated heterocycles. The van der Waals surface area contributed by atoms with Gasteiger partial charge in [0.05, 0.1) is 4.47 Å². The van der Waals surface area contributed by atoms with Gasteiger partial charge in [-0.3, -0.25) is 0 Å². The van der Waals surface area contributed by atoms with Crippen molar-refractivity contribution in [1.82, 2.24) is 9.88 Å². The number of hydrogen-bond acceptors (Lipinski definition) is 1. The summed E-state index contributed by atoms with van der Waals surface area (Å²) in [5.41, 5.74) is 2.15. The van der Waals surface area contributed by atoms with Crippen LogP contribution in [0, 0.1) is 5.82 Å². The topological polar surface area (TPSA) is 17.0 Å². The normalized spacial score (nSPS) is 11.2. The molecule has 2 rings (SSSR count). The molecule has 1 heterocycles. The number of rotatable bonds is 5. The largest absolute Gasteiger partial charge is 0.346 e. The van der Waals surface area contributed by atoms with E-state index >= 15 is 0 Å². The van der Waals surface area contributed by atoms with Crippen molar-refractivity contribution in [3.63, 3.8) is 0 Å². The number of halogens is 2. The third-order valence-electron chi connectivity index (χ3n) is 2.99. The monoisotopic (exact) mass is 324 g/mol. The second kappa shape index (κ2) is 6.35. The lowest BCUT2D eigenvalue weighted by Gasteiger charge is -2.13. The van der Waals surface area contributed by atoms with Crippen LogP contribution < -0.4 is 5.32 Å². The van der Waals surface area contributed by atoms with Gasteiger partial charge in [0.1, 0.15) is 5.82 Å². The summed E-state index contributed by atoms with van der Waals surface area (Å²) in [6.07, 6.45) is 2.02. The highest BCUT2D eigenvalue weighted by atomic mass is 79.9. The zero-order chi connectivity index (χ0) is 13.8. The first kappa shape index (κ1) is 14.3. The Labute approximate surface area is 121 Å². The quantitative estimate of drug-likeness (QED) is 0.881. The molecule has 102 valence electrons. The van der Waals surface area contributed by atoms with Crippen LogP contribution in [0.1, 0.15) is 25.1 Å². The third-order valence-corrected chi connectivity index (χ3v) is 3.88. The minimum absolute atomic E-state index is 0.216. The molecule has 1 N–H and O–H groups in total. The second-order valence-corrected chi connectivity index (χ2v) is 5.67. The Hall–Kier alpha value is -1.13. The van der Waals surface area contributed by atoms with Crippen molar-refractivity contribution < 1.29 is 4.39 Å². The van der Waals surface area contributed by atoms with Crippen molar-refractivity contribution in [2.24, 2.45) is 0 Å². The van der Waals surface area contributed by atoms with Crippen LogP contribution in [0.4, 0.5) is 4.39 Å². The highest BCUT2D eigenvalue weighted by Crippen LogP contribution is 2.21. The van der Waals surface area contributed by atoms with Crippen molar-refractivity contribution in [3.8, 4) is 0 Å². The van der Waals surface area contributed by atoms with E-state index in [-0.39, 0.29) is 5.82 Å². The first-order valence-electron chi connectivity index (χ1n) is 6.38. The number of aromatic nitrogens is 1. The Bertz CT molecular complexity index is 549. The van der Waals surface area contributed by atoms with E-state index in [1.807, 2.05) is 18.3 Å². The van der Waals surface area contributed by atoms with Crippen LogP contribution in [0.25, 0.3) is 0 Å². The average Bonchev–Trinajstić information content (AvgIpc) is 2.80. The molecule has 0 aliphatic carbocycles. The van der Waals surface area contributed by atoms with Gasteiger partial charge in [-0.2, -0.15) is 0 Å². The molecule has 0 fully saturated rings. The fourth-order valence-electron chi connectivity index (χ4n) is 1.93. The molecule has 1 aromatic heterocycles. The predicted octanol–water partition coefficient (Wildman–Crippen LogP) is 3.94. The van der Waals surface area contributed by atoms with Crippen LogP contribution in [0.2, 0.25) is 0 Å². The summed E-state index contributed by atoms with van der Waals surface area (Å²) in [6.45, 7) is 5.73. The van der Waals surface area contributed by atoms with E-state index in [2.05, 4.69) is 45.7 Å². The minimum Gasteiger partial charge on any atom is -0.346 e. The summed E-state index contributed by atoms with van der Waals surface area (Å²) in [7, 11) is 0. The maximum atomic E-state index is 13.5. The Morgan fingerprint density at radius 3 is 2.79 bits per heavy atom. The Balaban J connectivity index is 2.15. The van der Waals surface area contributed by atoms with Crippen LogP contribution in [0.15, 0.2) is 41.0 Å². The molecular formula is C15H18BrFN2. The van der Waals surface area contributed by atoms with Gasteiger partial charge in [0.25, 0.3) is 0 Å². The number of benzene rings is 1. The van der Waals surface area contributed by atoms with Gasteiger partial charge >= 0.3 is 0 Å². The van der Waals surface area contributed by atoms with E-state index in [0.29, 0.717) is 17.1 Å². The van der Waals surface area contributed by atoms with Crippen LogP contribution in [-0.4, -0.2) is 10.6 Å². The van der Waals surface area contributed by atoms with Gasteiger partial charge < -0.3 is 9.88 Å². The summed E-state index contributed by atoms with van der Waals surface area (Å²) in [5.74, 6) is -0.216. The van der Waals surface area contributed by atoms with Gasteiger partial charge in [-0.15, -0.1) is 0 Å². The number of hydrogen-bond donors (Lipinski definition) is 1. The van der Waals surface area contributed by atoms with E-state index in [0.717, 1.165) is 12.1 Å². The Morgan fingerprint density at radius 1 is 1.26 bits per heavy atom. The minimum atomic E-state index is -0.216. The maximum Gasteiger partial charge on any atom is 0.137 e. The van der Waals surface area contributed by atoms with Gasteiger partial charge in [0, 0.05) is 31.0 Å². The molecule has 0 unspecified atom stereocenters. The molecule has 0 aliphatic heterocycles. The molecule has 2 aromatic rings. The predicted molar refractivity (Wildman–Crippen MR) is 79.6 cm³/mol. The summed E-state index contributed by atoms with van der Waals surface area (Å²) in [6, 6.07) is 9.69. The van der Waals surface area contributed by atoms with Crippen LogP contribution >= 0.6 is 15.9 Å². The highest BCUT2D eigenvalue weighted by Gasteiger charge is 2.08. The van der Waals surface area contributed by atoms with E-state index in [1.165, 1.54) is 11.8 Å². The molecule has 0 spiro atoms. The van der Waals surface area contributed by atoms with Gasteiger partial charge in [-0.05, 0) is 39.7 Å². The lowest BCUT2D eigenvalue weighted by molar-refractivity contribution is 0.563. The lowest BCUT2D eigenvalue weighted by atomic mass is 10.2. The first-order chi connectivity index (χ1) is 9.08. The fourth-order valence-corrected chi connectivity index (χ4v) is 2.32. The standard InChI is InChI=1S/C15H18BrFN2/c1-11(2)18-9-13-6-4-8-19(13)10-12-5-3-7-14(17)15(12)16/h3-8,11,18H,9-10H2,1-2H3. The van der Waals surface area contributed by atoms with Crippen LogP contribution in [-0.2, 0) is 13.1 Å². The van der Waals surface area contributed by atoms with Crippen molar-refractivity contribution in [2.75, 3.05) is 0 Å². The Kier molecular flexibility index (Phi) is 4.77. The van der Waals surface area contributed by atoms with Crippen molar-refractivity contribution in [1.29, 1.82) is 0 Å². The van der Waals surface area contributed by atoms with Gasteiger partial charge in [-0.1, -0.05) is 26.0 Å². The van der Waals surface area contributed by atoms with Gasteiger partial charge in [0.15, 0.2) is 0 Å². The van der Waals surface area contributed by atoms with Crippen LogP contribution in [0.5, 0.6) is 0 Å². The van der Waals surface area contributed by atoms with Crippen molar-refractivity contribution in [2.45, 2.75) is 33.0 Å². The molecule has 0 amide bonds. The lowest BCUT2D eigenvalue weighted by Crippen LogP contribution is -2.23. The Morgan fingerprint density at radius 2 is 2.05 bits per heavy atom. The number of nitrogens with one attached hydrogen (secondary N) is 1. The number of nitrogens with zero attached hydrogens (tertiary/aromatic N) is 1. The van der Waals surface area contributed by atoms with Crippen molar-refractivity contribution >= 4 is 15.9 Å². The molecule has 2 nitrogen and oxygen atoms in total. The maximum absolute atomic E-state index is 13.5. The SMILES string of the molecule is CC(C)NCc1cccn1Cc1cccc(F)c1Br. The van der Waals surface area contributed by atoms with Gasteiger partial charge in [-0.25, -0.2) is 4.39 Å². The average molecular weight is 325 g/mol. The summed E-state index contributed by atoms with van der Waals surface area (Å²) < 4.78 is 16.2. The zero-order valence-corrected chi connectivity index (χ0v) is 12.7. The molecule has 0 bridgehead atoms. The fraction of sp³-hybridized carbons (Fsp3) is 0.333. The molecule has 0 atom stereocenters.